The van der Waals surface area contributed by atoms with Crippen LogP contribution in [0.4, 0.5) is 15.8 Å². The molecule has 0 aliphatic rings. The van der Waals surface area contributed by atoms with Crippen LogP contribution in [0.25, 0.3) is 0 Å². The van der Waals surface area contributed by atoms with E-state index in [2.05, 4.69) is 22.8 Å². The molecule has 0 atom stereocenters. The van der Waals surface area contributed by atoms with Gasteiger partial charge in [-0.3, -0.25) is 0 Å². The van der Waals surface area contributed by atoms with Crippen molar-refractivity contribution >= 4 is 40.5 Å². The maximum atomic E-state index is 13.7. The van der Waals surface area contributed by atoms with Crippen molar-refractivity contribution in [2.45, 2.75) is 9.79 Å². The molecule has 0 unspecified atom stereocenters. The Morgan fingerprint density at radius 3 is 2.08 bits per heavy atom. The van der Waals surface area contributed by atoms with E-state index in [1.807, 2.05) is 42.5 Å². The number of benzene rings is 3. The van der Waals surface area contributed by atoms with Gasteiger partial charge in [0.1, 0.15) is 5.82 Å². The Hall–Kier alpha value is -2.37. The summed E-state index contributed by atoms with van der Waals surface area (Å²) in [6.07, 6.45) is 0. The molecule has 0 aromatic heterocycles. The van der Waals surface area contributed by atoms with Gasteiger partial charge in [-0.05, 0) is 48.6 Å². The summed E-state index contributed by atoms with van der Waals surface area (Å²) in [5.41, 5.74) is 1.23. The highest BCUT2D eigenvalue weighted by atomic mass is 32.2. The van der Waals surface area contributed by atoms with Crippen molar-refractivity contribution in [3.63, 3.8) is 0 Å². The van der Waals surface area contributed by atoms with Crippen molar-refractivity contribution < 1.29 is 4.39 Å². The predicted molar refractivity (Wildman–Crippen MR) is 103 cm³/mol. The maximum absolute atomic E-state index is 13.7. The van der Waals surface area contributed by atoms with E-state index in [4.69, 9.17) is 12.2 Å². The second-order valence-corrected chi connectivity index (χ2v) is 6.49. The van der Waals surface area contributed by atoms with Gasteiger partial charge in [0.15, 0.2) is 5.11 Å². The number of hydrogen-bond acceptors (Lipinski definition) is 2. The number of anilines is 2. The van der Waals surface area contributed by atoms with Gasteiger partial charge in [-0.15, -0.1) is 0 Å². The van der Waals surface area contributed by atoms with E-state index < -0.39 is 0 Å². The lowest BCUT2D eigenvalue weighted by Crippen LogP contribution is -2.20. The van der Waals surface area contributed by atoms with Crippen LogP contribution >= 0.6 is 24.0 Å². The lowest BCUT2D eigenvalue weighted by molar-refractivity contribution is 0.632. The lowest BCUT2D eigenvalue weighted by Gasteiger charge is -2.14. The third kappa shape index (κ3) is 4.34. The molecular weight excluding hydrogens is 339 g/mol. The molecule has 0 aliphatic carbocycles. The van der Waals surface area contributed by atoms with Gasteiger partial charge in [-0.1, -0.05) is 54.2 Å². The van der Waals surface area contributed by atoms with Crippen molar-refractivity contribution in [3.8, 4) is 0 Å². The molecule has 0 radical (unpaired) electrons. The van der Waals surface area contributed by atoms with Crippen molar-refractivity contribution in [1.82, 2.24) is 0 Å². The fourth-order valence-corrected chi connectivity index (χ4v) is 3.26. The van der Waals surface area contributed by atoms with Gasteiger partial charge in [0.25, 0.3) is 0 Å². The summed E-state index contributed by atoms with van der Waals surface area (Å²) >= 11 is 6.95. The molecule has 0 heterocycles. The Morgan fingerprint density at radius 2 is 1.33 bits per heavy atom. The molecule has 2 N–H and O–H groups in total. The average molecular weight is 354 g/mol. The van der Waals surface area contributed by atoms with Gasteiger partial charge in [-0.2, -0.15) is 0 Å². The fraction of sp³-hybridized carbons (Fsp3) is 0. The quantitative estimate of drug-likeness (QED) is 0.580. The molecule has 0 amide bonds. The first-order chi connectivity index (χ1) is 11.7. The molecule has 24 heavy (non-hydrogen) atoms. The number of rotatable bonds is 4. The van der Waals surface area contributed by atoms with Gasteiger partial charge >= 0.3 is 0 Å². The fourth-order valence-electron chi connectivity index (χ4n) is 2.11. The summed E-state index contributed by atoms with van der Waals surface area (Å²) in [7, 11) is 0. The smallest absolute Gasteiger partial charge is 0.175 e. The van der Waals surface area contributed by atoms with Crippen LogP contribution in [0.2, 0.25) is 0 Å². The van der Waals surface area contributed by atoms with E-state index in [1.165, 1.54) is 6.07 Å². The molecule has 0 fully saturated rings. The Labute approximate surface area is 150 Å². The van der Waals surface area contributed by atoms with Crippen molar-refractivity contribution in [2.24, 2.45) is 0 Å². The first-order valence-electron chi connectivity index (χ1n) is 7.37. The van der Waals surface area contributed by atoms with Gasteiger partial charge < -0.3 is 10.6 Å². The molecule has 120 valence electrons. The molecule has 3 aromatic rings. The zero-order chi connectivity index (χ0) is 16.8. The Bertz CT molecular complexity index is 838. The molecular formula is C19H15FN2S2. The van der Waals surface area contributed by atoms with Crippen LogP contribution in [0.1, 0.15) is 0 Å². The summed E-state index contributed by atoms with van der Waals surface area (Å²) in [4.78, 5) is 2.18. The van der Waals surface area contributed by atoms with Crippen molar-refractivity contribution in [3.05, 3.63) is 84.7 Å². The number of halogens is 1. The van der Waals surface area contributed by atoms with Crippen LogP contribution < -0.4 is 10.6 Å². The maximum Gasteiger partial charge on any atom is 0.175 e. The molecule has 0 spiro atoms. The largest absolute Gasteiger partial charge is 0.332 e. The monoisotopic (exact) mass is 354 g/mol. The van der Waals surface area contributed by atoms with Crippen LogP contribution in [0.3, 0.4) is 0 Å². The first kappa shape index (κ1) is 16.5. The van der Waals surface area contributed by atoms with E-state index in [9.17, 15) is 4.39 Å². The summed E-state index contributed by atoms with van der Waals surface area (Å²) in [5, 5.41) is 6.37. The molecule has 0 saturated heterocycles. The number of para-hydroxylation sites is 2. The molecule has 5 heteroatoms. The number of nitrogens with one attached hydrogen (secondary N) is 2. The SMILES string of the molecule is Fc1ccccc1NC(=S)Nc1ccccc1Sc1ccccc1. The number of hydrogen-bond donors (Lipinski definition) is 2. The lowest BCUT2D eigenvalue weighted by atomic mass is 10.3. The second-order valence-electron chi connectivity index (χ2n) is 4.97. The summed E-state index contributed by atoms with van der Waals surface area (Å²) in [6.45, 7) is 0. The minimum atomic E-state index is -0.339. The zero-order valence-corrected chi connectivity index (χ0v) is 14.3. The van der Waals surface area contributed by atoms with Gasteiger partial charge in [-0.25, -0.2) is 4.39 Å². The van der Waals surface area contributed by atoms with Gasteiger partial charge in [0.05, 0.1) is 11.4 Å². The van der Waals surface area contributed by atoms with Gasteiger partial charge in [0.2, 0.25) is 0 Å². The summed E-state index contributed by atoms with van der Waals surface area (Å²) in [5.74, 6) is -0.339. The van der Waals surface area contributed by atoms with Crippen LogP contribution in [-0.2, 0) is 0 Å². The minimum absolute atomic E-state index is 0.339. The van der Waals surface area contributed by atoms with E-state index in [0.29, 0.717) is 10.8 Å². The molecule has 3 aromatic carbocycles. The average Bonchev–Trinajstić information content (AvgIpc) is 2.60. The van der Waals surface area contributed by atoms with E-state index in [1.54, 1.807) is 30.0 Å². The Kier molecular flexibility index (Phi) is 5.46. The first-order valence-corrected chi connectivity index (χ1v) is 8.59. The van der Waals surface area contributed by atoms with E-state index in [0.717, 1.165) is 15.5 Å². The molecule has 3 rings (SSSR count). The third-order valence-corrected chi connectivity index (χ3v) is 4.52. The normalized spacial score (nSPS) is 10.2. The van der Waals surface area contributed by atoms with E-state index in [-0.39, 0.29) is 5.82 Å². The second kappa shape index (κ2) is 7.95. The molecule has 0 saturated carbocycles. The third-order valence-electron chi connectivity index (χ3n) is 3.23. The van der Waals surface area contributed by atoms with Crippen molar-refractivity contribution in [1.29, 1.82) is 0 Å². The Morgan fingerprint density at radius 1 is 0.750 bits per heavy atom. The van der Waals surface area contributed by atoms with Gasteiger partial charge in [0, 0.05) is 9.79 Å². The minimum Gasteiger partial charge on any atom is -0.332 e. The topological polar surface area (TPSA) is 24.1 Å². The molecule has 0 aliphatic heterocycles. The Balaban J connectivity index is 1.73. The summed E-state index contributed by atoms with van der Waals surface area (Å²) < 4.78 is 13.7. The molecule has 2 nitrogen and oxygen atoms in total. The predicted octanol–water partition coefficient (Wildman–Crippen LogP) is 5.79. The zero-order valence-electron chi connectivity index (χ0n) is 12.7. The number of thiocarbonyl (C=S) groups is 1. The highest BCUT2D eigenvalue weighted by molar-refractivity contribution is 7.99. The summed E-state index contributed by atoms with van der Waals surface area (Å²) in [6, 6.07) is 24.4. The molecule has 0 bridgehead atoms. The van der Waals surface area contributed by atoms with E-state index >= 15 is 0 Å². The van der Waals surface area contributed by atoms with Crippen LogP contribution in [0, 0.1) is 5.82 Å². The van der Waals surface area contributed by atoms with Crippen LogP contribution in [0.15, 0.2) is 88.7 Å². The highest BCUT2D eigenvalue weighted by Gasteiger charge is 2.07. The standard InChI is InChI=1S/C19H15FN2S2/c20-15-10-4-5-11-16(15)21-19(23)22-17-12-6-7-13-18(17)24-14-8-2-1-3-9-14/h1-13H,(H2,21,22,23). The highest BCUT2D eigenvalue weighted by Crippen LogP contribution is 2.33. The van der Waals surface area contributed by atoms with Crippen LogP contribution in [0.5, 0.6) is 0 Å². The van der Waals surface area contributed by atoms with Crippen molar-refractivity contribution in [2.75, 3.05) is 10.6 Å². The van der Waals surface area contributed by atoms with Crippen LogP contribution in [-0.4, -0.2) is 5.11 Å².